The SMILES string of the molecule is Cn1cnc2c1CCNC2C(=O)OC(C)(C)C. The Balaban J connectivity index is 2.21. The molecule has 0 saturated heterocycles. The van der Waals surface area contributed by atoms with Gasteiger partial charge in [0.1, 0.15) is 5.60 Å². The van der Waals surface area contributed by atoms with Crippen molar-refractivity contribution in [2.75, 3.05) is 6.54 Å². The van der Waals surface area contributed by atoms with Crippen LogP contribution in [-0.2, 0) is 23.0 Å². The quantitative estimate of drug-likeness (QED) is 0.739. The van der Waals surface area contributed by atoms with Gasteiger partial charge in [-0.3, -0.25) is 5.32 Å². The van der Waals surface area contributed by atoms with E-state index in [4.69, 9.17) is 4.74 Å². The van der Waals surface area contributed by atoms with Gasteiger partial charge in [-0.1, -0.05) is 0 Å². The Labute approximate surface area is 101 Å². The Morgan fingerprint density at radius 2 is 2.29 bits per heavy atom. The molecule has 1 unspecified atom stereocenters. The molecular formula is C12H19N3O2. The number of nitrogens with zero attached hydrogens (tertiary/aromatic N) is 2. The number of fused-ring (bicyclic) bond motifs is 1. The minimum absolute atomic E-state index is 0.253. The smallest absolute Gasteiger partial charge is 0.330 e. The molecule has 0 saturated carbocycles. The first-order chi connectivity index (χ1) is 7.88. The lowest BCUT2D eigenvalue weighted by Gasteiger charge is -2.26. The second kappa shape index (κ2) is 4.14. The van der Waals surface area contributed by atoms with Gasteiger partial charge in [0, 0.05) is 25.7 Å². The number of nitrogens with one attached hydrogen (secondary N) is 1. The number of esters is 1. The van der Waals surface area contributed by atoms with Crippen LogP contribution in [0.5, 0.6) is 0 Å². The Morgan fingerprint density at radius 1 is 1.59 bits per heavy atom. The molecule has 2 heterocycles. The molecule has 5 heteroatoms. The Kier molecular flexibility index (Phi) is 2.95. The predicted molar refractivity (Wildman–Crippen MR) is 63.5 cm³/mol. The number of hydrogen-bond acceptors (Lipinski definition) is 4. The molecule has 0 radical (unpaired) electrons. The lowest BCUT2D eigenvalue weighted by molar-refractivity contribution is -0.158. The van der Waals surface area contributed by atoms with Crippen LogP contribution >= 0.6 is 0 Å². The second-order valence-corrected chi connectivity index (χ2v) is 5.36. The summed E-state index contributed by atoms with van der Waals surface area (Å²) in [6, 6.07) is -0.431. The van der Waals surface area contributed by atoms with Crippen molar-refractivity contribution in [2.24, 2.45) is 7.05 Å². The maximum Gasteiger partial charge on any atom is 0.330 e. The zero-order chi connectivity index (χ0) is 12.6. The minimum Gasteiger partial charge on any atom is -0.459 e. The predicted octanol–water partition coefficient (Wildman–Crippen LogP) is 0.949. The molecule has 1 aliphatic rings. The molecular weight excluding hydrogens is 218 g/mol. The molecule has 2 rings (SSSR count). The highest BCUT2D eigenvalue weighted by Crippen LogP contribution is 2.23. The number of rotatable bonds is 1. The van der Waals surface area contributed by atoms with Crippen LogP contribution in [0.15, 0.2) is 6.33 Å². The summed E-state index contributed by atoms with van der Waals surface area (Å²) >= 11 is 0. The van der Waals surface area contributed by atoms with Gasteiger partial charge in [0.05, 0.1) is 12.0 Å². The third-order valence-electron chi connectivity index (χ3n) is 2.72. The summed E-state index contributed by atoms with van der Waals surface area (Å²) in [6.07, 6.45) is 2.64. The number of imidazole rings is 1. The summed E-state index contributed by atoms with van der Waals surface area (Å²) in [6.45, 7) is 6.38. The minimum atomic E-state index is -0.467. The lowest BCUT2D eigenvalue weighted by Crippen LogP contribution is -2.39. The normalized spacial score (nSPS) is 19.9. The van der Waals surface area contributed by atoms with E-state index in [9.17, 15) is 4.79 Å². The van der Waals surface area contributed by atoms with Crippen molar-refractivity contribution < 1.29 is 9.53 Å². The van der Waals surface area contributed by atoms with Crippen LogP contribution in [0.25, 0.3) is 0 Å². The van der Waals surface area contributed by atoms with Crippen LogP contribution in [0.4, 0.5) is 0 Å². The van der Waals surface area contributed by atoms with E-state index >= 15 is 0 Å². The first-order valence-corrected chi connectivity index (χ1v) is 5.85. The number of carbonyl (C=O) groups is 1. The molecule has 0 amide bonds. The van der Waals surface area contributed by atoms with Crippen LogP contribution in [0.3, 0.4) is 0 Å². The van der Waals surface area contributed by atoms with Gasteiger partial charge in [-0.25, -0.2) is 9.78 Å². The third kappa shape index (κ3) is 2.49. The van der Waals surface area contributed by atoms with Crippen molar-refractivity contribution in [2.45, 2.75) is 38.8 Å². The standard InChI is InChI=1S/C12H19N3O2/c1-12(2,3)17-11(16)10-9-8(5-6-13-10)15(4)7-14-9/h7,10,13H,5-6H2,1-4H3. The van der Waals surface area contributed by atoms with Crippen LogP contribution < -0.4 is 5.32 Å². The van der Waals surface area contributed by atoms with Gasteiger partial charge in [0.15, 0.2) is 6.04 Å². The topological polar surface area (TPSA) is 56.2 Å². The third-order valence-corrected chi connectivity index (χ3v) is 2.72. The molecule has 1 aromatic rings. The maximum absolute atomic E-state index is 12.1. The van der Waals surface area contributed by atoms with Crippen molar-refractivity contribution in [1.29, 1.82) is 0 Å². The summed E-state index contributed by atoms with van der Waals surface area (Å²) in [5.41, 5.74) is 1.44. The van der Waals surface area contributed by atoms with E-state index in [1.54, 1.807) is 6.33 Å². The van der Waals surface area contributed by atoms with E-state index in [2.05, 4.69) is 10.3 Å². The molecule has 1 aliphatic heterocycles. The highest BCUT2D eigenvalue weighted by molar-refractivity contribution is 5.78. The lowest BCUT2D eigenvalue weighted by atomic mass is 10.1. The Hall–Kier alpha value is -1.36. The molecule has 0 bridgehead atoms. The molecule has 94 valence electrons. The van der Waals surface area contributed by atoms with E-state index in [-0.39, 0.29) is 5.97 Å². The highest BCUT2D eigenvalue weighted by Gasteiger charge is 2.32. The molecule has 1 N–H and O–H groups in total. The summed E-state index contributed by atoms with van der Waals surface area (Å²) in [7, 11) is 1.95. The van der Waals surface area contributed by atoms with Crippen LogP contribution in [-0.4, -0.2) is 27.7 Å². The van der Waals surface area contributed by atoms with Gasteiger partial charge in [-0.05, 0) is 20.8 Å². The van der Waals surface area contributed by atoms with Crippen LogP contribution in [0.1, 0.15) is 38.2 Å². The van der Waals surface area contributed by atoms with Crippen LogP contribution in [0, 0.1) is 0 Å². The molecule has 0 spiro atoms. The Bertz CT molecular complexity index is 431. The fourth-order valence-electron chi connectivity index (χ4n) is 2.01. The Morgan fingerprint density at radius 3 is 2.94 bits per heavy atom. The fourth-order valence-corrected chi connectivity index (χ4v) is 2.01. The van der Waals surface area contributed by atoms with E-state index in [0.717, 1.165) is 24.4 Å². The molecule has 5 nitrogen and oxygen atoms in total. The van der Waals surface area contributed by atoms with Gasteiger partial charge >= 0.3 is 5.97 Å². The number of carbonyl (C=O) groups excluding carboxylic acids is 1. The first kappa shape index (κ1) is 12.1. The molecule has 17 heavy (non-hydrogen) atoms. The number of ether oxygens (including phenoxy) is 1. The van der Waals surface area contributed by atoms with Crippen molar-refractivity contribution in [3.63, 3.8) is 0 Å². The van der Waals surface area contributed by atoms with E-state index in [0.29, 0.717) is 0 Å². The van der Waals surface area contributed by atoms with E-state index in [1.807, 2.05) is 32.4 Å². The van der Waals surface area contributed by atoms with Crippen molar-refractivity contribution in [3.8, 4) is 0 Å². The fraction of sp³-hybridized carbons (Fsp3) is 0.667. The number of aryl methyl sites for hydroxylation is 1. The van der Waals surface area contributed by atoms with E-state index in [1.165, 1.54) is 0 Å². The summed E-state index contributed by atoms with van der Waals surface area (Å²) in [4.78, 5) is 16.3. The molecule has 0 fully saturated rings. The molecule has 1 atom stereocenters. The number of aromatic nitrogens is 2. The van der Waals surface area contributed by atoms with Gasteiger partial charge in [0.25, 0.3) is 0 Å². The first-order valence-electron chi connectivity index (χ1n) is 5.85. The summed E-state index contributed by atoms with van der Waals surface area (Å²) in [5.74, 6) is -0.253. The average Bonchev–Trinajstić information content (AvgIpc) is 2.58. The van der Waals surface area contributed by atoms with Crippen molar-refractivity contribution in [3.05, 3.63) is 17.7 Å². The monoisotopic (exact) mass is 237 g/mol. The molecule has 0 aliphatic carbocycles. The summed E-state index contributed by atoms with van der Waals surface area (Å²) < 4.78 is 7.36. The van der Waals surface area contributed by atoms with Gasteiger partial charge < -0.3 is 9.30 Å². The van der Waals surface area contributed by atoms with Crippen molar-refractivity contribution in [1.82, 2.24) is 14.9 Å². The molecule has 1 aromatic heterocycles. The van der Waals surface area contributed by atoms with Crippen LogP contribution in [0.2, 0.25) is 0 Å². The maximum atomic E-state index is 12.1. The van der Waals surface area contributed by atoms with E-state index < -0.39 is 11.6 Å². The molecule has 0 aromatic carbocycles. The van der Waals surface area contributed by atoms with Gasteiger partial charge in [-0.15, -0.1) is 0 Å². The number of hydrogen-bond donors (Lipinski definition) is 1. The zero-order valence-electron chi connectivity index (χ0n) is 10.8. The van der Waals surface area contributed by atoms with Gasteiger partial charge in [0.2, 0.25) is 0 Å². The summed E-state index contributed by atoms with van der Waals surface area (Å²) in [5, 5.41) is 3.16. The highest BCUT2D eigenvalue weighted by atomic mass is 16.6. The van der Waals surface area contributed by atoms with Gasteiger partial charge in [-0.2, -0.15) is 0 Å². The average molecular weight is 237 g/mol. The largest absolute Gasteiger partial charge is 0.459 e. The zero-order valence-corrected chi connectivity index (χ0v) is 10.8. The second-order valence-electron chi connectivity index (χ2n) is 5.36. The van der Waals surface area contributed by atoms with Crippen molar-refractivity contribution >= 4 is 5.97 Å².